The number of aliphatic carboxylic acids is 1. The van der Waals surface area contributed by atoms with Gasteiger partial charge in [-0.3, -0.25) is 9.59 Å². The van der Waals surface area contributed by atoms with E-state index in [2.05, 4.69) is 0 Å². The Morgan fingerprint density at radius 2 is 1.96 bits per heavy atom. The van der Waals surface area contributed by atoms with E-state index in [1.54, 1.807) is 0 Å². The number of alkyl halides is 1. The first-order valence-corrected chi connectivity index (χ1v) is 8.41. The monoisotopic (exact) mass is 380 g/mol. The predicted octanol–water partition coefficient (Wildman–Crippen LogP) is 2.51. The maximum atomic E-state index is 14.9. The summed E-state index contributed by atoms with van der Waals surface area (Å²) in [5.41, 5.74) is -1.34. The molecule has 3 rings (SSSR count). The molecule has 0 aliphatic carbocycles. The van der Waals surface area contributed by atoms with Gasteiger partial charge in [-0.15, -0.1) is 0 Å². The average Bonchev–Trinajstić information content (AvgIpc) is 2.60. The fourth-order valence-corrected chi connectivity index (χ4v) is 3.54. The van der Waals surface area contributed by atoms with Crippen LogP contribution in [0.5, 0.6) is 0 Å². The van der Waals surface area contributed by atoms with Crippen molar-refractivity contribution in [2.45, 2.75) is 38.6 Å². The zero-order chi connectivity index (χ0) is 19.9. The Hall–Kier alpha value is -2.81. The van der Waals surface area contributed by atoms with Crippen molar-refractivity contribution >= 4 is 22.8 Å². The molecule has 0 saturated carbocycles. The van der Waals surface area contributed by atoms with Gasteiger partial charge in [0.25, 0.3) is 0 Å². The Morgan fingerprint density at radius 1 is 1.26 bits per heavy atom. The van der Waals surface area contributed by atoms with Gasteiger partial charge >= 0.3 is 11.9 Å². The third-order valence-electron chi connectivity index (χ3n) is 4.84. The highest BCUT2D eigenvalue weighted by Gasteiger charge is 2.34. The molecular formula is C18H18F2N2O5. The van der Waals surface area contributed by atoms with Gasteiger partial charge in [0.2, 0.25) is 5.43 Å². The van der Waals surface area contributed by atoms with Gasteiger partial charge in [-0.05, 0) is 37.8 Å². The summed E-state index contributed by atoms with van der Waals surface area (Å²) in [5.74, 6) is -3.48. The molecule has 7 nitrogen and oxygen atoms in total. The minimum Gasteiger partial charge on any atom is -0.480 e. The molecule has 0 spiro atoms. The number of pyridine rings is 1. The van der Waals surface area contributed by atoms with Gasteiger partial charge < -0.3 is 14.8 Å². The van der Waals surface area contributed by atoms with Gasteiger partial charge in [-0.1, -0.05) is 6.07 Å². The normalized spacial score (nSPS) is 20.7. The molecule has 27 heavy (non-hydrogen) atoms. The van der Waals surface area contributed by atoms with Crippen molar-refractivity contribution in [3.8, 4) is 0 Å². The van der Waals surface area contributed by atoms with E-state index in [9.17, 15) is 28.3 Å². The van der Waals surface area contributed by atoms with Crippen LogP contribution < -0.4 is 5.43 Å². The highest BCUT2D eigenvalue weighted by atomic mass is 19.1. The van der Waals surface area contributed by atoms with Crippen LogP contribution in [0.25, 0.3) is 10.9 Å². The Morgan fingerprint density at radius 3 is 2.59 bits per heavy atom. The van der Waals surface area contributed by atoms with E-state index < -0.39 is 47.8 Å². The zero-order valence-electron chi connectivity index (χ0n) is 14.5. The molecule has 144 valence electrons. The first-order valence-electron chi connectivity index (χ1n) is 8.41. The average molecular weight is 380 g/mol. The van der Waals surface area contributed by atoms with Gasteiger partial charge in [0.15, 0.2) is 12.1 Å². The van der Waals surface area contributed by atoms with Crippen molar-refractivity contribution in [3.63, 3.8) is 0 Å². The lowest BCUT2D eigenvalue weighted by molar-refractivity contribution is -0.143. The SMILES string of the molecule is Cc1ccc2c(=O)c(C(=O)O)cn(C3CCCC(F)N3CC(=O)O)c2c1F. The number of rotatable bonds is 4. The fourth-order valence-electron chi connectivity index (χ4n) is 3.54. The van der Waals surface area contributed by atoms with Crippen LogP contribution in [0.3, 0.4) is 0 Å². The Labute approximate surface area is 152 Å². The first-order chi connectivity index (χ1) is 12.7. The number of benzene rings is 1. The summed E-state index contributed by atoms with van der Waals surface area (Å²) in [4.78, 5) is 36.1. The zero-order valence-corrected chi connectivity index (χ0v) is 14.5. The van der Waals surface area contributed by atoms with Gasteiger partial charge in [0.1, 0.15) is 12.1 Å². The number of carboxylic acids is 2. The van der Waals surface area contributed by atoms with Gasteiger partial charge in [0.05, 0.1) is 11.7 Å². The van der Waals surface area contributed by atoms with Crippen LogP contribution in [0.1, 0.15) is 41.3 Å². The minimum absolute atomic E-state index is 0.120. The van der Waals surface area contributed by atoms with Crippen LogP contribution in [0.2, 0.25) is 0 Å². The molecule has 1 aliphatic rings. The standard InChI is InChI=1S/C18H18F2N2O5/c1-9-5-6-10-16(15(9)20)22(7-11(17(10)25)18(26)27)13-4-2-3-12(19)21(13)8-14(23)24/h5-7,12-13H,2-4,8H2,1H3,(H,23,24)(H,26,27). The summed E-state index contributed by atoms with van der Waals surface area (Å²) < 4.78 is 30.5. The number of aryl methyl sites for hydroxylation is 1. The molecule has 9 heteroatoms. The largest absolute Gasteiger partial charge is 0.480 e. The molecule has 0 radical (unpaired) electrons. The van der Waals surface area contributed by atoms with E-state index in [1.165, 1.54) is 23.6 Å². The smallest absolute Gasteiger partial charge is 0.341 e. The number of carboxylic acid groups (broad SMARTS) is 2. The van der Waals surface area contributed by atoms with Crippen molar-refractivity contribution in [1.82, 2.24) is 9.47 Å². The number of likely N-dealkylation sites (tertiary alicyclic amines) is 1. The minimum atomic E-state index is -1.57. The van der Waals surface area contributed by atoms with Crippen LogP contribution in [-0.2, 0) is 4.79 Å². The summed E-state index contributed by atoms with van der Waals surface area (Å²) in [6, 6.07) is 2.69. The number of piperidine rings is 1. The topological polar surface area (TPSA) is 99.8 Å². The number of aromatic nitrogens is 1. The molecule has 1 aliphatic heterocycles. The van der Waals surface area contributed by atoms with Crippen LogP contribution in [0.15, 0.2) is 23.1 Å². The summed E-state index contributed by atoms with van der Waals surface area (Å²) in [6.07, 6.45) is -0.705. The quantitative estimate of drug-likeness (QED) is 0.791. The van der Waals surface area contributed by atoms with Crippen molar-refractivity contribution in [2.24, 2.45) is 0 Å². The van der Waals surface area contributed by atoms with E-state index in [1.807, 2.05) is 0 Å². The van der Waals surface area contributed by atoms with E-state index in [4.69, 9.17) is 5.11 Å². The number of aromatic carboxylic acids is 1. The maximum absolute atomic E-state index is 14.9. The van der Waals surface area contributed by atoms with Gasteiger partial charge in [0, 0.05) is 11.6 Å². The molecule has 2 unspecified atom stereocenters. The lowest BCUT2D eigenvalue weighted by Gasteiger charge is -2.39. The summed E-state index contributed by atoms with van der Waals surface area (Å²) in [6.45, 7) is 0.859. The Bertz CT molecular complexity index is 988. The summed E-state index contributed by atoms with van der Waals surface area (Å²) in [7, 11) is 0. The second-order valence-corrected chi connectivity index (χ2v) is 6.59. The van der Waals surface area contributed by atoms with Crippen molar-refractivity contribution in [3.05, 3.63) is 45.5 Å². The predicted molar refractivity (Wildman–Crippen MR) is 92.0 cm³/mol. The fraction of sp³-hybridized carbons (Fsp3) is 0.389. The molecule has 0 amide bonds. The summed E-state index contributed by atoms with van der Waals surface area (Å²) >= 11 is 0. The van der Waals surface area contributed by atoms with Crippen LogP contribution >= 0.6 is 0 Å². The van der Waals surface area contributed by atoms with E-state index in [0.29, 0.717) is 6.42 Å². The molecule has 1 aromatic heterocycles. The van der Waals surface area contributed by atoms with Crippen LogP contribution in [0, 0.1) is 12.7 Å². The Balaban J connectivity index is 2.32. The molecule has 2 aromatic rings. The maximum Gasteiger partial charge on any atom is 0.341 e. The number of carbonyl (C=O) groups is 2. The molecule has 1 fully saturated rings. The van der Waals surface area contributed by atoms with Crippen LogP contribution in [0.4, 0.5) is 8.78 Å². The molecule has 2 heterocycles. The molecule has 0 bridgehead atoms. The second kappa shape index (κ2) is 7.07. The summed E-state index contributed by atoms with van der Waals surface area (Å²) in [5, 5.41) is 18.3. The molecule has 2 atom stereocenters. The van der Waals surface area contributed by atoms with Gasteiger partial charge in [-0.25, -0.2) is 18.5 Å². The molecule has 2 N–H and O–H groups in total. The highest BCUT2D eigenvalue weighted by molar-refractivity contribution is 5.93. The second-order valence-electron chi connectivity index (χ2n) is 6.59. The third kappa shape index (κ3) is 3.30. The van der Waals surface area contributed by atoms with E-state index in [-0.39, 0.29) is 29.3 Å². The third-order valence-corrected chi connectivity index (χ3v) is 4.84. The molecule has 1 saturated heterocycles. The van der Waals surface area contributed by atoms with Crippen molar-refractivity contribution in [2.75, 3.05) is 6.54 Å². The number of fused-ring (bicyclic) bond motifs is 1. The van der Waals surface area contributed by atoms with Crippen molar-refractivity contribution < 1.29 is 28.6 Å². The highest BCUT2D eigenvalue weighted by Crippen LogP contribution is 2.34. The lowest BCUT2D eigenvalue weighted by Crippen LogP contribution is -2.45. The van der Waals surface area contributed by atoms with E-state index >= 15 is 0 Å². The molecule has 1 aromatic carbocycles. The van der Waals surface area contributed by atoms with Crippen molar-refractivity contribution in [1.29, 1.82) is 0 Å². The number of nitrogens with zero attached hydrogens (tertiary/aromatic N) is 2. The van der Waals surface area contributed by atoms with Crippen LogP contribution in [-0.4, -0.2) is 44.5 Å². The molecular weight excluding hydrogens is 362 g/mol. The number of hydrogen-bond donors (Lipinski definition) is 2. The first kappa shape index (κ1) is 19.0. The van der Waals surface area contributed by atoms with Gasteiger partial charge in [-0.2, -0.15) is 0 Å². The number of hydrogen-bond acceptors (Lipinski definition) is 4. The Kier molecular flexibility index (Phi) is 4.97. The number of halogens is 2. The lowest BCUT2D eigenvalue weighted by atomic mass is 10.0. The van der Waals surface area contributed by atoms with E-state index in [0.717, 1.165) is 11.1 Å².